The molecule has 22 heavy (non-hydrogen) atoms. The molecule has 1 aromatic carbocycles. The van der Waals surface area contributed by atoms with Crippen LogP contribution in [0.5, 0.6) is 0 Å². The Labute approximate surface area is 128 Å². The molecule has 3 N–H and O–H groups in total. The lowest BCUT2D eigenvalue weighted by atomic mass is 9.82. The van der Waals surface area contributed by atoms with E-state index in [1.807, 2.05) is 0 Å². The van der Waals surface area contributed by atoms with Crippen LogP contribution in [0.4, 0.5) is 0 Å². The van der Waals surface area contributed by atoms with E-state index in [9.17, 15) is 20.1 Å². The van der Waals surface area contributed by atoms with Gasteiger partial charge in [-0.3, -0.25) is 4.79 Å². The Kier molecular flexibility index (Phi) is 5.10. The van der Waals surface area contributed by atoms with Crippen LogP contribution in [0.1, 0.15) is 16.8 Å². The minimum absolute atomic E-state index is 0.133. The number of methoxy groups -OCH3 is 1. The van der Waals surface area contributed by atoms with Crippen LogP contribution in [0.25, 0.3) is 0 Å². The number of ketones is 1. The predicted octanol–water partition coefficient (Wildman–Crippen LogP) is 0.270. The number of aliphatic hydroxyl groups excluding tert-OH is 2. The second-order valence-corrected chi connectivity index (χ2v) is 5.25. The van der Waals surface area contributed by atoms with E-state index in [1.165, 1.54) is 13.2 Å². The molecule has 5 atom stereocenters. The molecular weight excluding hydrogens is 288 g/mol. The predicted molar refractivity (Wildman–Crippen MR) is 78.2 cm³/mol. The van der Waals surface area contributed by atoms with Gasteiger partial charge in [0.15, 0.2) is 17.7 Å². The molecule has 0 radical (unpaired) electrons. The first-order chi connectivity index (χ1) is 10.5. The Bertz CT molecular complexity index is 531. The lowest BCUT2D eigenvalue weighted by molar-refractivity contribution is -0.175. The Morgan fingerprint density at radius 2 is 2.00 bits per heavy atom. The van der Waals surface area contributed by atoms with Crippen molar-refractivity contribution in [3.05, 3.63) is 48.6 Å². The Hall–Kier alpha value is -1.57. The van der Waals surface area contributed by atoms with Crippen LogP contribution in [0.2, 0.25) is 0 Å². The molecule has 0 aromatic heterocycles. The van der Waals surface area contributed by atoms with E-state index in [4.69, 9.17) is 9.47 Å². The summed E-state index contributed by atoms with van der Waals surface area (Å²) >= 11 is 0. The molecule has 0 bridgehead atoms. The van der Waals surface area contributed by atoms with Gasteiger partial charge in [0.1, 0.15) is 18.3 Å². The van der Waals surface area contributed by atoms with Crippen LogP contribution in [-0.4, -0.2) is 58.4 Å². The van der Waals surface area contributed by atoms with Crippen molar-refractivity contribution in [2.45, 2.75) is 36.6 Å². The summed E-state index contributed by atoms with van der Waals surface area (Å²) in [7, 11) is 1.30. The molecule has 120 valence electrons. The first kappa shape index (κ1) is 16.8. The fourth-order valence-electron chi connectivity index (χ4n) is 2.63. The zero-order valence-electron chi connectivity index (χ0n) is 12.3. The highest BCUT2D eigenvalue weighted by molar-refractivity contribution is 6.03. The highest BCUT2D eigenvalue weighted by atomic mass is 16.7. The van der Waals surface area contributed by atoms with E-state index in [0.29, 0.717) is 0 Å². The van der Waals surface area contributed by atoms with Gasteiger partial charge < -0.3 is 24.8 Å². The lowest BCUT2D eigenvalue weighted by Crippen LogP contribution is -2.54. The molecule has 1 heterocycles. The molecule has 1 fully saturated rings. The van der Waals surface area contributed by atoms with Crippen LogP contribution < -0.4 is 0 Å². The number of rotatable bonds is 6. The van der Waals surface area contributed by atoms with Gasteiger partial charge >= 0.3 is 0 Å². The molecule has 6 heteroatoms. The van der Waals surface area contributed by atoms with Crippen LogP contribution in [0.3, 0.4) is 0 Å². The van der Waals surface area contributed by atoms with Crippen LogP contribution in [-0.2, 0) is 9.47 Å². The summed E-state index contributed by atoms with van der Waals surface area (Å²) in [5.41, 5.74) is -1.77. The third-order valence-electron chi connectivity index (χ3n) is 3.81. The minimum atomic E-state index is -2.04. The molecule has 1 aliphatic heterocycles. The fourth-order valence-corrected chi connectivity index (χ4v) is 2.63. The van der Waals surface area contributed by atoms with Crippen molar-refractivity contribution in [2.24, 2.45) is 0 Å². The molecular formula is C16H20O6. The number of carbonyl (C=O) groups excluding carboxylic acids is 1. The smallest absolute Gasteiger partial charge is 0.197 e. The summed E-state index contributed by atoms with van der Waals surface area (Å²) in [5.74, 6) is -0.610. The summed E-state index contributed by atoms with van der Waals surface area (Å²) in [4.78, 5) is 12.7. The maximum Gasteiger partial charge on any atom is 0.197 e. The van der Waals surface area contributed by atoms with Gasteiger partial charge in [0, 0.05) is 19.1 Å². The van der Waals surface area contributed by atoms with E-state index in [0.717, 1.165) is 0 Å². The van der Waals surface area contributed by atoms with Gasteiger partial charge in [-0.2, -0.15) is 0 Å². The SMILES string of the molecule is C=CCC(O)(C(=O)c1ccccc1)[C@H]1O[C@H](OC)[C@H](O)[C@@H]1O. The summed E-state index contributed by atoms with van der Waals surface area (Å²) in [6, 6.07) is 8.19. The number of aliphatic hydroxyl groups is 3. The van der Waals surface area contributed by atoms with E-state index >= 15 is 0 Å². The quantitative estimate of drug-likeness (QED) is 0.516. The molecule has 0 amide bonds. The monoisotopic (exact) mass is 308 g/mol. The molecule has 0 saturated carbocycles. The normalized spacial score (nSPS) is 30.7. The molecule has 0 spiro atoms. The summed E-state index contributed by atoms with van der Waals surface area (Å²) in [6.07, 6.45) is -4.01. The number of carbonyl (C=O) groups is 1. The average molecular weight is 308 g/mol. The second kappa shape index (κ2) is 6.68. The third kappa shape index (κ3) is 2.84. The fraction of sp³-hybridized carbons (Fsp3) is 0.438. The maximum atomic E-state index is 12.7. The maximum absolute atomic E-state index is 12.7. The van der Waals surface area contributed by atoms with Crippen molar-refractivity contribution in [1.29, 1.82) is 0 Å². The third-order valence-corrected chi connectivity index (χ3v) is 3.81. The summed E-state index contributed by atoms with van der Waals surface area (Å²) in [6.45, 7) is 3.53. The van der Waals surface area contributed by atoms with Crippen molar-refractivity contribution >= 4 is 5.78 Å². The number of hydrogen-bond donors (Lipinski definition) is 3. The van der Waals surface area contributed by atoms with E-state index in [2.05, 4.69) is 6.58 Å². The summed E-state index contributed by atoms with van der Waals surface area (Å²) in [5, 5.41) is 30.8. The van der Waals surface area contributed by atoms with Crippen molar-refractivity contribution in [3.8, 4) is 0 Å². The lowest BCUT2D eigenvalue weighted by Gasteiger charge is -2.32. The van der Waals surface area contributed by atoms with Gasteiger partial charge in [0.25, 0.3) is 0 Å². The second-order valence-electron chi connectivity index (χ2n) is 5.25. The van der Waals surface area contributed by atoms with E-state index in [1.54, 1.807) is 30.3 Å². The van der Waals surface area contributed by atoms with Crippen molar-refractivity contribution in [3.63, 3.8) is 0 Å². The zero-order valence-corrected chi connectivity index (χ0v) is 12.3. The molecule has 6 nitrogen and oxygen atoms in total. The van der Waals surface area contributed by atoms with Gasteiger partial charge in [-0.1, -0.05) is 36.4 Å². The van der Waals surface area contributed by atoms with Gasteiger partial charge in [-0.15, -0.1) is 6.58 Å². The molecule has 1 aliphatic rings. The van der Waals surface area contributed by atoms with Crippen LogP contribution >= 0.6 is 0 Å². The topological polar surface area (TPSA) is 96.2 Å². The number of ether oxygens (including phenoxy) is 2. The number of benzene rings is 1. The first-order valence-corrected chi connectivity index (χ1v) is 6.93. The first-order valence-electron chi connectivity index (χ1n) is 6.93. The Balaban J connectivity index is 2.36. The van der Waals surface area contributed by atoms with Gasteiger partial charge in [-0.25, -0.2) is 0 Å². The van der Waals surface area contributed by atoms with Crippen LogP contribution in [0, 0.1) is 0 Å². The minimum Gasteiger partial charge on any atom is -0.387 e. The van der Waals surface area contributed by atoms with E-state index < -0.39 is 36.0 Å². The Morgan fingerprint density at radius 3 is 2.50 bits per heavy atom. The number of hydrogen-bond acceptors (Lipinski definition) is 6. The van der Waals surface area contributed by atoms with Crippen LogP contribution in [0.15, 0.2) is 43.0 Å². The van der Waals surface area contributed by atoms with Gasteiger partial charge in [-0.05, 0) is 0 Å². The van der Waals surface area contributed by atoms with E-state index in [-0.39, 0.29) is 12.0 Å². The number of Topliss-reactive ketones (excluding diaryl/α,β-unsaturated/α-hetero) is 1. The zero-order chi connectivity index (χ0) is 16.3. The largest absolute Gasteiger partial charge is 0.387 e. The molecule has 1 saturated heterocycles. The highest BCUT2D eigenvalue weighted by Gasteiger charge is 2.56. The van der Waals surface area contributed by atoms with Crippen molar-refractivity contribution in [2.75, 3.05) is 7.11 Å². The van der Waals surface area contributed by atoms with Gasteiger partial charge in [0.2, 0.25) is 0 Å². The molecule has 1 aromatic rings. The summed E-state index contributed by atoms with van der Waals surface area (Å²) < 4.78 is 10.3. The molecule has 2 rings (SSSR count). The van der Waals surface area contributed by atoms with Crippen molar-refractivity contribution in [1.82, 2.24) is 0 Å². The van der Waals surface area contributed by atoms with Gasteiger partial charge in [0.05, 0.1) is 0 Å². The molecule has 1 unspecified atom stereocenters. The Morgan fingerprint density at radius 1 is 1.36 bits per heavy atom. The van der Waals surface area contributed by atoms with Crippen molar-refractivity contribution < 1.29 is 29.6 Å². The average Bonchev–Trinajstić information content (AvgIpc) is 2.83. The highest BCUT2D eigenvalue weighted by Crippen LogP contribution is 2.34. The standard InChI is InChI=1S/C16H20O6/c1-3-9-16(20,13(19)10-7-5-4-6-8-10)14-11(17)12(18)15(21-2)22-14/h3-8,11-12,14-15,17-18,20H,1,9H2,2H3/t11-,12+,14-,15-,16?/m0/s1. The molecule has 0 aliphatic carbocycles.